The summed E-state index contributed by atoms with van der Waals surface area (Å²) >= 11 is 0. The molecule has 0 saturated heterocycles. The fourth-order valence-electron chi connectivity index (χ4n) is 1.74. The van der Waals surface area contributed by atoms with E-state index in [1.165, 1.54) is 42.5 Å². The molecule has 0 aliphatic heterocycles. The third kappa shape index (κ3) is 4.55. The maximum absolute atomic E-state index is 12.1. The van der Waals surface area contributed by atoms with Gasteiger partial charge in [0.15, 0.2) is 0 Å². The van der Waals surface area contributed by atoms with Crippen LogP contribution < -0.4 is 45.1 Å². The van der Waals surface area contributed by atoms with Crippen LogP contribution >= 0.6 is 0 Å². The molecule has 1 amide bonds. The zero-order chi connectivity index (χ0) is 16.3. The summed E-state index contributed by atoms with van der Waals surface area (Å²) in [5.74, 6) is -2.63. The van der Waals surface area contributed by atoms with E-state index in [0.717, 1.165) is 6.07 Å². The molecule has 0 fully saturated rings. The molecule has 2 aromatic rings. The van der Waals surface area contributed by atoms with E-state index in [1.54, 1.807) is 4.72 Å². The smallest absolute Gasteiger partial charge is 0.545 e. The first-order valence-corrected chi connectivity index (χ1v) is 7.52. The Morgan fingerprint density at radius 1 is 0.957 bits per heavy atom. The van der Waals surface area contributed by atoms with Gasteiger partial charge in [-0.05, 0) is 30.3 Å². The molecule has 0 aliphatic rings. The van der Waals surface area contributed by atoms with Gasteiger partial charge in [-0.2, -0.15) is 0 Å². The molecule has 0 radical (unpaired) electrons. The molecule has 7 nitrogen and oxygen atoms in total. The standard InChI is InChI=1S/C14H12N2O5S.Na/c15-9-5-7-10(8-6-9)22(20,21)16-13(17)11-3-1-2-4-12(11)14(18)19;/h1-8H,15H2,(H,16,17)(H,18,19);/q;+1/p-1. The van der Waals surface area contributed by atoms with Gasteiger partial charge in [-0.3, -0.25) is 4.79 Å². The molecule has 0 aromatic heterocycles. The Labute approximate surface area is 154 Å². The van der Waals surface area contributed by atoms with Crippen molar-refractivity contribution >= 4 is 27.6 Å². The first-order chi connectivity index (χ1) is 10.3. The van der Waals surface area contributed by atoms with Gasteiger partial charge in [0.05, 0.1) is 10.9 Å². The minimum atomic E-state index is -4.14. The number of aromatic carboxylic acids is 1. The van der Waals surface area contributed by atoms with E-state index in [9.17, 15) is 23.1 Å². The molecule has 2 rings (SSSR count). The van der Waals surface area contributed by atoms with Crippen molar-refractivity contribution in [2.24, 2.45) is 0 Å². The van der Waals surface area contributed by atoms with Crippen molar-refractivity contribution in [2.75, 3.05) is 5.73 Å². The fraction of sp³-hybridized carbons (Fsp3) is 0. The normalized spacial score (nSPS) is 10.4. The number of amides is 1. The van der Waals surface area contributed by atoms with E-state index in [4.69, 9.17) is 5.73 Å². The Bertz CT molecular complexity index is 835. The number of carbonyl (C=O) groups excluding carboxylic acids is 2. The summed E-state index contributed by atoms with van der Waals surface area (Å²) in [5.41, 5.74) is 5.13. The van der Waals surface area contributed by atoms with E-state index < -0.39 is 27.5 Å². The van der Waals surface area contributed by atoms with Gasteiger partial charge in [0.25, 0.3) is 15.9 Å². The van der Waals surface area contributed by atoms with Gasteiger partial charge in [-0.1, -0.05) is 18.2 Å². The van der Waals surface area contributed by atoms with Crippen LogP contribution in [0, 0.1) is 0 Å². The molecule has 0 saturated carbocycles. The minimum absolute atomic E-state index is 0. The van der Waals surface area contributed by atoms with E-state index >= 15 is 0 Å². The first-order valence-electron chi connectivity index (χ1n) is 6.04. The number of carboxylic acids is 1. The molecule has 0 aliphatic carbocycles. The second kappa shape index (κ2) is 7.60. The molecule has 0 atom stereocenters. The summed E-state index contributed by atoms with van der Waals surface area (Å²) in [6.45, 7) is 0. The number of nitrogen functional groups attached to an aromatic ring is 1. The molecular formula is C14H11N2NaO5S. The van der Waals surface area contributed by atoms with E-state index in [2.05, 4.69) is 0 Å². The zero-order valence-electron chi connectivity index (χ0n) is 12.1. The summed E-state index contributed by atoms with van der Waals surface area (Å²) in [6, 6.07) is 10.4. The minimum Gasteiger partial charge on any atom is -0.545 e. The summed E-state index contributed by atoms with van der Waals surface area (Å²) in [6.07, 6.45) is 0. The Morgan fingerprint density at radius 2 is 1.48 bits per heavy atom. The van der Waals surface area contributed by atoms with Gasteiger partial charge in [-0.25, -0.2) is 13.1 Å². The van der Waals surface area contributed by atoms with Crippen LogP contribution in [0.5, 0.6) is 0 Å². The number of anilines is 1. The van der Waals surface area contributed by atoms with Crippen LogP contribution in [0.15, 0.2) is 53.4 Å². The Morgan fingerprint density at radius 3 is 2.00 bits per heavy atom. The largest absolute Gasteiger partial charge is 1.00 e. The molecule has 9 heteroatoms. The number of carbonyl (C=O) groups is 2. The van der Waals surface area contributed by atoms with Crippen molar-refractivity contribution in [3.63, 3.8) is 0 Å². The van der Waals surface area contributed by atoms with Crippen LogP contribution in [-0.4, -0.2) is 20.3 Å². The van der Waals surface area contributed by atoms with Gasteiger partial charge < -0.3 is 15.6 Å². The molecule has 23 heavy (non-hydrogen) atoms. The van der Waals surface area contributed by atoms with Crippen molar-refractivity contribution < 1.29 is 52.7 Å². The molecule has 2 aromatic carbocycles. The number of benzene rings is 2. The van der Waals surface area contributed by atoms with E-state index in [1.807, 2.05) is 0 Å². The van der Waals surface area contributed by atoms with Crippen LogP contribution in [0.2, 0.25) is 0 Å². The molecule has 114 valence electrons. The average Bonchev–Trinajstić information content (AvgIpc) is 2.47. The van der Waals surface area contributed by atoms with Crippen LogP contribution in [0.4, 0.5) is 5.69 Å². The van der Waals surface area contributed by atoms with Crippen molar-refractivity contribution in [3.8, 4) is 0 Å². The number of sulfonamides is 1. The number of carboxylic acid groups (broad SMARTS) is 1. The van der Waals surface area contributed by atoms with Gasteiger partial charge in [-0.15, -0.1) is 0 Å². The molecule has 0 spiro atoms. The SMILES string of the molecule is Nc1ccc(S(=O)(=O)NC(=O)c2ccccc2C(=O)[O-])cc1.[Na+]. The number of nitrogens with one attached hydrogen (secondary N) is 1. The Kier molecular flexibility index (Phi) is 6.34. The van der Waals surface area contributed by atoms with Gasteiger partial charge in [0.2, 0.25) is 0 Å². The second-order valence-electron chi connectivity index (χ2n) is 4.34. The predicted octanol–water partition coefficient (Wildman–Crippen LogP) is -3.24. The van der Waals surface area contributed by atoms with Gasteiger partial charge in [0.1, 0.15) is 0 Å². The predicted molar refractivity (Wildman–Crippen MR) is 76.3 cm³/mol. The van der Waals surface area contributed by atoms with Crippen molar-refractivity contribution in [1.82, 2.24) is 4.72 Å². The van der Waals surface area contributed by atoms with Gasteiger partial charge in [0, 0.05) is 16.8 Å². The molecule has 3 N–H and O–H groups in total. The maximum Gasteiger partial charge on any atom is 1.00 e. The fourth-order valence-corrected chi connectivity index (χ4v) is 2.71. The van der Waals surface area contributed by atoms with Crippen LogP contribution in [0.3, 0.4) is 0 Å². The summed E-state index contributed by atoms with van der Waals surface area (Å²) in [4.78, 5) is 22.8. The number of hydrogen-bond donors (Lipinski definition) is 2. The van der Waals surface area contributed by atoms with Gasteiger partial charge >= 0.3 is 29.6 Å². The van der Waals surface area contributed by atoms with Crippen molar-refractivity contribution in [1.29, 1.82) is 0 Å². The Balaban J connectivity index is 0.00000264. The second-order valence-corrected chi connectivity index (χ2v) is 6.02. The van der Waals surface area contributed by atoms with Crippen molar-refractivity contribution in [2.45, 2.75) is 4.90 Å². The summed E-state index contributed by atoms with van der Waals surface area (Å²) < 4.78 is 26.0. The summed E-state index contributed by atoms with van der Waals surface area (Å²) in [5, 5.41) is 10.9. The third-order valence-electron chi connectivity index (χ3n) is 2.81. The topological polar surface area (TPSA) is 129 Å². The summed E-state index contributed by atoms with van der Waals surface area (Å²) in [7, 11) is -4.14. The Hall–Kier alpha value is -1.87. The number of nitrogens with two attached hydrogens (primary N) is 1. The quantitative estimate of drug-likeness (QED) is 0.444. The molecule has 0 heterocycles. The van der Waals surface area contributed by atoms with Crippen molar-refractivity contribution in [3.05, 3.63) is 59.7 Å². The van der Waals surface area contributed by atoms with Crippen LogP contribution in [0.1, 0.15) is 20.7 Å². The molecular weight excluding hydrogens is 331 g/mol. The van der Waals surface area contributed by atoms with E-state index in [0.29, 0.717) is 5.69 Å². The zero-order valence-corrected chi connectivity index (χ0v) is 15.0. The van der Waals surface area contributed by atoms with Crippen LogP contribution in [0.25, 0.3) is 0 Å². The first kappa shape index (κ1) is 19.2. The van der Waals surface area contributed by atoms with E-state index in [-0.39, 0.29) is 40.0 Å². The molecule has 0 unspecified atom stereocenters. The maximum atomic E-state index is 12.1. The van der Waals surface area contributed by atoms with Crippen LogP contribution in [-0.2, 0) is 10.0 Å². The third-order valence-corrected chi connectivity index (χ3v) is 4.16. The number of rotatable bonds is 4. The average molecular weight is 342 g/mol. The molecule has 0 bridgehead atoms. The number of hydrogen-bond acceptors (Lipinski definition) is 6. The monoisotopic (exact) mass is 342 g/mol.